The molecule has 2 heterocycles. The van der Waals surface area contributed by atoms with E-state index in [4.69, 9.17) is 9.94 Å². The number of carbonyl (C=O) groups excluding carboxylic acids is 1. The van der Waals surface area contributed by atoms with Gasteiger partial charge in [-0.1, -0.05) is 5.16 Å². The second-order valence-electron chi connectivity index (χ2n) is 6.96. The number of amides is 1. The van der Waals surface area contributed by atoms with Gasteiger partial charge in [0.2, 0.25) is 0 Å². The van der Waals surface area contributed by atoms with E-state index in [9.17, 15) is 4.79 Å². The van der Waals surface area contributed by atoms with Gasteiger partial charge in [-0.15, -0.1) is 11.8 Å². The van der Waals surface area contributed by atoms with Crippen LogP contribution >= 0.6 is 0 Å². The maximum Gasteiger partial charge on any atom is 0.410 e. The van der Waals surface area contributed by atoms with Crippen molar-refractivity contribution in [2.45, 2.75) is 65.6 Å². The van der Waals surface area contributed by atoms with Gasteiger partial charge in [0.15, 0.2) is 0 Å². The molecule has 0 unspecified atom stereocenters. The van der Waals surface area contributed by atoms with E-state index >= 15 is 0 Å². The first-order valence-electron chi connectivity index (χ1n) is 8.49. The first kappa shape index (κ1) is 18.8. The summed E-state index contributed by atoms with van der Waals surface area (Å²) in [6, 6.07) is 0. The minimum absolute atomic E-state index is 0.337. The molecule has 0 saturated heterocycles. The van der Waals surface area contributed by atoms with Crippen LogP contribution in [0.25, 0.3) is 0 Å². The summed E-state index contributed by atoms with van der Waals surface area (Å²) in [5.74, 6) is 5.91. The molecule has 1 aromatic heterocycles. The first-order valence-corrected chi connectivity index (χ1v) is 8.49. The van der Waals surface area contributed by atoms with Gasteiger partial charge in [0.25, 0.3) is 0 Å². The Morgan fingerprint density at radius 1 is 1.48 bits per heavy atom. The van der Waals surface area contributed by atoms with Crippen molar-refractivity contribution in [2.24, 2.45) is 5.16 Å². The zero-order valence-corrected chi connectivity index (χ0v) is 15.4. The van der Waals surface area contributed by atoms with Crippen LogP contribution in [0, 0.1) is 11.8 Å². The van der Waals surface area contributed by atoms with Crippen molar-refractivity contribution < 1.29 is 14.7 Å². The van der Waals surface area contributed by atoms with E-state index in [0.29, 0.717) is 26.1 Å². The fourth-order valence-electron chi connectivity index (χ4n) is 2.74. The zero-order chi connectivity index (χ0) is 18.4. The summed E-state index contributed by atoms with van der Waals surface area (Å²) in [4.78, 5) is 14.0. The molecule has 136 valence electrons. The molecule has 1 aromatic rings. The SMILES string of the molecule is CC#CCCCn1nc2c(c1C=NO)CN(C(=O)OC(C)(C)C)CC2. The van der Waals surface area contributed by atoms with Crippen LogP contribution in [0.1, 0.15) is 57.5 Å². The molecule has 0 saturated carbocycles. The summed E-state index contributed by atoms with van der Waals surface area (Å²) >= 11 is 0. The van der Waals surface area contributed by atoms with Crippen LogP contribution in [0.4, 0.5) is 4.79 Å². The standard InChI is InChI=1S/C18H26N4O3/c1-5-6-7-8-10-22-16(12-19-24)14-13-21(11-9-15(14)20-22)17(23)25-18(2,3)4/h12,24H,7-11,13H2,1-4H3. The second kappa shape index (κ2) is 8.06. The molecule has 7 heteroatoms. The summed E-state index contributed by atoms with van der Waals surface area (Å²) < 4.78 is 7.29. The van der Waals surface area contributed by atoms with Crippen LogP contribution in [0.15, 0.2) is 5.16 Å². The summed E-state index contributed by atoms with van der Waals surface area (Å²) in [5.41, 5.74) is 2.06. The number of nitrogens with zero attached hydrogens (tertiary/aromatic N) is 4. The van der Waals surface area contributed by atoms with E-state index in [1.165, 1.54) is 6.21 Å². The Morgan fingerprint density at radius 3 is 2.88 bits per heavy atom. The molecule has 0 radical (unpaired) electrons. The first-order chi connectivity index (χ1) is 11.9. The van der Waals surface area contributed by atoms with Crippen molar-refractivity contribution in [2.75, 3.05) is 6.54 Å². The van der Waals surface area contributed by atoms with Crippen LogP contribution in [-0.2, 0) is 24.2 Å². The largest absolute Gasteiger partial charge is 0.444 e. The van der Waals surface area contributed by atoms with Gasteiger partial charge in [0, 0.05) is 31.5 Å². The fraction of sp³-hybridized carbons (Fsp3) is 0.611. The van der Waals surface area contributed by atoms with Gasteiger partial charge in [-0.2, -0.15) is 5.10 Å². The molecule has 1 aliphatic heterocycles. The van der Waals surface area contributed by atoms with E-state index in [2.05, 4.69) is 22.1 Å². The highest BCUT2D eigenvalue weighted by atomic mass is 16.6. The second-order valence-corrected chi connectivity index (χ2v) is 6.96. The predicted octanol–water partition coefficient (Wildman–Crippen LogP) is 2.79. The Bertz CT molecular complexity index is 704. The predicted molar refractivity (Wildman–Crippen MR) is 94.6 cm³/mol. The topological polar surface area (TPSA) is 80.0 Å². The molecular weight excluding hydrogens is 320 g/mol. The lowest BCUT2D eigenvalue weighted by Gasteiger charge is -2.29. The average Bonchev–Trinajstić information content (AvgIpc) is 2.87. The van der Waals surface area contributed by atoms with E-state index < -0.39 is 5.60 Å². The van der Waals surface area contributed by atoms with Crippen LogP contribution in [0.2, 0.25) is 0 Å². The third-order valence-corrected chi connectivity index (χ3v) is 3.82. The summed E-state index contributed by atoms with van der Waals surface area (Å²) in [5, 5.41) is 16.8. The molecule has 2 rings (SSSR count). The Balaban J connectivity index is 2.17. The molecule has 25 heavy (non-hydrogen) atoms. The van der Waals surface area contributed by atoms with E-state index in [-0.39, 0.29) is 6.09 Å². The van der Waals surface area contributed by atoms with Crippen molar-refractivity contribution in [3.05, 3.63) is 17.0 Å². The zero-order valence-electron chi connectivity index (χ0n) is 15.4. The maximum atomic E-state index is 12.3. The third kappa shape index (κ3) is 4.99. The van der Waals surface area contributed by atoms with Crippen molar-refractivity contribution in [1.29, 1.82) is 0 Å². The Kier molecular flexibility index (Phi) is 6.07. The highest BCUT2D eigenvalue weighted by Gasteiger charge is 2.29. The molecule has 1 N–H and O–H groups in total. The van der Waals surface area contributed by atoms with Gasteiger partial charge in [0.1, 0.15) is 5.60 Å². The molecule has 1 amide bonds. The van der Waals surface area contributed by atoms with Crippen LogP contribution in [0.5, 0.6) is 0 Å². The number of aryl methyl sites for hydroxylation is 1. The quantitative estimate of drug-likeness (QED) is 0.299. The van der Waals surface area contributed by atoms with Gasteiger partial charge in [0.05, 0.1) is 24.1 Å². The van der Waals surface area contributed by atoms with Crippen molar-refractivity contribution in [1.82, 2.24) is 14.7 Å². The third-order valence-electron chi connectivity index (χ3n) is 3.82. The molecule has 0 bridgehead atoms. The highest BCUT2D eigenvalue weighted by Crippen LogP contribution is 2.23. The molecule has 1 aliphatic rings. The number of unbranched alkanes of at least 4 members (excludes halogenated alkanes) is 1. The molecule has 0 aliphatic carbocycles. The number of hydrogen-bond donors (Lipinski definition) is 1. The van der Waals surface area contributed by atoms with Gasteiger partial charge in [-0.3, -0.25) is 4.68 Å². The average molecular weight is 346 g/mol. The van der Waals surface area contributed by atoms with E-state index in [0.717, 1.165) is 29.8 Å². The number of oxime groups is 1. The Labute approximate surface area is 148 Å². The van der Waals surface area contributed by atoms with Gasteiger partial charge in [-0.25, -0.2) is 4.79 Å². The summed E-state index contributed by atoms with van der Waals surface area (Å²) in [6.45, 7) is 9.03. The van der Waals surface area contributed by atoms with Gasteiger partial charge in [-0.05, 0) is 34.1 Å². The van der Waals surface area contributed by atoms with Crippen LogP contribution in [-0.4, -0.2) is 44.3 Å². The number of aromatic nitrogens is 2. The smallest absolute Gasteiger partial charge is 0.410 e. The maximum absolute atomic E-state index is 12.3. The van der Waals surface area contributed by atoms with E-state index in [1.54, 1.807) is 4.90 Å². The normalized spacial score (nSPS) is 14.2. The monoisotopic (exact) mass is 346 g/mol. The minimum Gasteiger partial charge on any atom is -0.444 e. The highest BCUT2D eigenvalue weighted by molar-refractivity contribution is 5.80. The number of fused-ring (bicyclic) bond motifs is 1. The molecule has 0 aromatic carbocycles. The molecule has 0 atom stereocenters. The van der Waals surface area contributed by atoms with Crippen molar-refractivity contribution >= 4 is 12.3 Å². The van der Waals surface area contributed by atoms with Gasteiger partial charge < -0.3 is 14.8 Å². The van der Waals surface area contributed by atoms with Crippen LogP contribution < -0.4 is 0 Å². The lowest BCUT2D eigenvalue weighted by Crippen LogP contribution is -2.40. The molecular formula is C18H26N4O3. The molecule has 7 nitrogen and oxygen atoms in total. The lowest BCUT2D eigenvalue weighted by atomic mass is 10.1. The minimum atomic E-state index is -0.531. The number of rotatable bonds is 4. The molecule has 0 spiro atoms. The van der Waals surface area contributed by atoms with Gasteiger partial charge >= 0.3 is 6.09 Å². The summed E-state index contributed by atoms with van der Waals surface area (Å²) in [6.07, 6.45) is 3.36. The van der Waals surface area contributed by atoms with Crippen molar-refractivity contribution in [3.8, 4) is 11.8 Å². The summed E-state index contributed by atoms with van der Waals surface area (Å²) in [7, 11) is 0. The van der Waals surface area contributed by atoms with Crippen molar-refractivity contribution in [3.63, 3.8) is 0 Å². The van der Waals surface area contributed by atoms with E-state index in [1.807, 2.05) is 32.4 Å². The number of ether oxygens (including phenoxy) is 1. The fourth-order valence-corrected chi connectivity index (χ4v) is 2.74. The number of hydrogen-bond acceptors (Lipinski definition) is 5. The Hall–Kier alpha value is -2.49. The Morgan fingerprint density at radius 2 is 2.24 bits per heavy atom. The number of carbonyl (C=O) groups is 1. The lowest BCUT2D eigenvalue weighted by molar-refractivity contribution is 0.0223. The molecule has 0 fully saturated rings. The van der Waals surface area contributed by atoms with Crippen LogP contribution in [0.3, 0.4) is 0 Å².